The average Bonchev–Trinajstić information content (AvgIpc) is 2.96. The Bertz CT molecular complexity index is 552. The summed E-state index contributed by atoms with van der Waals surface area (Å²) in [6.45, 7) is 8.92. The van der Waals surface area contributed by atoms with Crippen LogP contribution in [0.3, 0.4) is 0 Å². The molecule has 0 radical (unpaired) electrons. The van der Waals surface area contributed by atoms with Gasteiger partial charge in [0.1, 0.15) is 5.76 Å². The largest absolute Gasteiger partial charge is 0.467 e. The van der Waals surface area contributed by atoms with Crippen molar-refractivity contribution >= 4 is 17.3 Å². The molecular weight excluding hydrogens is 284 g/mol. The van der Waals surface area contributed by atoms with Gasteiger partial charge < -0.3 is 14.6 Å². The van der Waals surface area contributed by atoms with Gasteiger partial charge in [-0.3, -0.25) is 0 Å². The van der Waals surface area contributed by atoms with Crippen molar-refractivity contribution in [1.82, 2.24) is 5.32 Å². The Hall–Kier alpha value is -1.45. The number of hydrogen-bond donors (Lipinski definition) is 1. The van der Waals surface area contributed by atoms with Gasteiger partial charge in [-0.2, -0.15) is 0 Å². The van der Waals surface area contributed by atoms with E-state index in [2.05, 4.69) is 37.1 Å². The highest BCUT2D eigenvalue weighted by Gasteiger charge is 2.12. The molecule has 0 amide bonds. The van der Waals surface area contributed by atoms with Crippen LogP contribution in [0, 0.1) is 0 Å². The lowest BCUT2D eigenvalue weighted by molar-refractivity contribution is 0.503. The molecule has 2 rings (SSSR count). The zero-order valence-electron chi connectivity index (χ0n) is 12.9. The first kappa shape index (κ1) is 15.9. The van der Waals surface area contributed by atoms with Gasteiger partial charge >= 0.3 is 0 Å². The maximum absolute atomic E-state index is 6.19. The molecule has 4 heteroatoms. The van der Waals surface area contributed by atoms with E-state index in [1.54, 1.807) is 6.26 Å². The third-order valence-electron chi connectivity index (χ3n) is 3.40. The molecule has 21 heavy (non-hydrogen) atoms. The van der Waals surface area contributed by atoms with E-state index >= 15 is 0 Å². The van der Waals surface area contributed by atoms with Crippen LogP contribution in [0.2, 0.25) is 5.02 Å². The maximum Gasteiger partial charge on any atom is 0.123 e. The molecular formula is C17H23ClN2O. The molecule has 1 N–H and O–H groups in total. The van der Waals surface area contributed by atoms with Gasteiger partial charge in [0.2, 0.25) is 0 Å². The summed E-state index contributed by atoms with van der Waals surface area (Å²) in [5.74, 6) is 0.958. The van der Waals surface area contributed by atoms with Gasteiger partial charge in [0.15, 0.2) is 0 Å². The molecule has 0 bridgehead atoms. The molecule has 0 aliphatic carbocycles. The summed E-state index contributed by atoms with van der Waals surface area (Å²) >= 11 is 6.19. The number of nitrogens with zero attached hydrogens (tertiary/aromatic N) is 1. The molecule has 0 aliphatic heterocycles. The van der Waals surface area contributed by atoms with Crippen LogP contribution in [0.5, 0.6) is 0 Å². The lowest BCUT2D eigenvalue weighted by Gasteiger charge is -2.25. The first-order valence-electron chi connectivity index (χ1n) is 7.39. The molecule has 1 aromatic heterocycles. The van der Waals surface area contributed by atoms with Crippen LogP contribution in [0.1, 0.15) is 32.1 Å². The zero-order valence-corrected chi connectivity index (χ0v) is 13.7. The van der Waals surface area contributed by atoms with E-state index in [0.717, 1.165) is 36.1 Å². The molecule has 3 nitrogen and oxygen atoms in total. The smallest absolute Gasteiger partial charge is 0.123 e. The first-order chi connectivity index (χ1) is 10.1. The fourth-order valence-corrected chi connectivity index (χ4v) is 2.42. The molecule has 114 valence electrons. The van der Waals surface area contributed by atoms with Crippen molar-refractivity contribution in [2.24, 2.45) is 0 Å². The molecule has 0 saturated carbocycles. The molecule has 0 atom stereocenters. The number of nitrogens with one attached hydrogen (secondary N) is 1. The van der Waals surface area contributed by atoms with E-state index in [-0.39, 0.29) is 0 Å². The van der Waals surface area contributed by atoms with E-state index in [1.807, 2.05) is 24.3 Å². The Morgan fingerprint density at radius 3 is 2.71 bits per heavy atom. The van der Waals surface area contributed by atoms with Gasteiger partial charge in [-0.15, -0.1) is 0 Å². The molecule has 2 aromatic rings. The van der Waals surface area contributed by atoms with E-state index in [4.69, 9.17) is 16.0 Å². The molecule has 1 aromatic carbocycles. The summed E-state index contributed by atoms with van der Waals surface area (Å²) < 4.78 is 5.47. The van der Waals surface area contributed by atoms with Gasteiger partial charge in [-0.1, -0.05) is 31.5 Å². The number of rotatable bonds is 7. The summed E-state index contributed by atoms with van der Waals surface area (Å²) in [6.07, 6.45) is 1.71. The minimum Gasteiger partial charge on any atom is -0.467 e. The van der Waals surface area contributed by atoms with Crippen molar-refractivity contribution in [3.63, 3.8) is 0 Å². The highest BCUT2D eigenvalue weighted by Crippen LogP contribution is 2.26. The lowest BCUT2D eigenvalue weighted by Crippen LogP contribution is -2.26. The molecule has 1 heterocycles. The number of halogens is 1. The van der Waals surface area contributed by atoms with Crippen molar-refractivity contribution < 1.29 is 4.42 Å². The Labute approximate surface area is 131 Å². The van der Waals surface area contributed by atoms with Crippen molar-refractivity contribution in [1.29, 1.82) is 0 Å². The number of furan rings is 1. The second-order valence-electron chi connectivity index (χ2n) is 5.40. The van der Waals surface area contributed by atoms with Crippen LogP contribution in [-0.4, -0.2) is 12.6 Å². The Kier molecular flexibility index (Phi) is 5.71. The predicted octanol–water partition coefficient (Wildman–Crippen LogP) is 4.46. The van der Waals surface area contributed by atoms with E-state index in [0.29, 0.717) is 6.04 Å². The Balaban J connectivity index is 2.23. The van der Waals surface area contributed by atoms with Crippen molar-refractivity contribution in [2.45, 2.75) is 39.9 Å². The predicted molar refractivity (Wildman–Crippen MR) is 88.9 cm³/mol. The zero-order chi connectivity index (χ0) is 15.2. The molecule has 0 fully saturated rings. The quantitative estimate of drug-likeness (QED) is 0.819. The number of anilines is 1. The van der Waals surface area contributed by atoms with Crippen LogP contribution in [0.15, 0.2) is 41.0 Å². The molecule has 0 unspecified atom stereocenters. The van der Waals surface area contributed by atoms with Crippen LogP contribution in [-0.2, 0) is 13.1 Å². The van der Waals surface area contributed by atoms with Gasteiger partial charge in [-0.05, 0) is 36.8 Å². The summed E-state index contributed by atoms with van der Waals surface area (Å²) in [4.78, 5) is 2.28. The van der Waals surface area contributed by atoms with Crippen molar-refractivity contribution in [3.05, 3.63) is 52.9 Å². The molecule has 0 saturated heterocycles. The Morgan fingerprint density at radius 1 is 1.29 bits per heavy atom. The lowest BCUT2D eigenvalue weighted by atomic mass is 10.1. The SMILES string of the molecule is CCN(Cc1ccco1)c1cc(Cl)ccc1CNC(C)C. The monoisotopic (exact) mass is 306 g/mol. The van der Waals surface area contributed by atoms with Gasteiger partial charge in [0.25, 0.3) is 0 Å². The molecule has 0 aliphatic rings. The maximum atomic E-state index is 6.19. The third kappa shape index (κ3) is 4.51. The summed E-state index contributed by atoms with van der Waals surface area (Å²) in [5.41, 5.74) is 2.41. The molecule has 0 spiro atoms. The van der Waals surface area contributed by atoms with E-state index in [9.17, 15) is 0 Å². The standard InChI is InChI=1S/C17H23ClN2O/c1-4-20(12-16-6-5-9-21-16)17-10-15(18)8-7-14(17)11-19-13(2)3/h5-10,13,19H,4,11-12H2,1-3H3. The van der Waals surface area contributed by atoms with Crippen LogP contribution in [0.25, 0.3) is 0 Å². The van der Waals surface area contributed by atoms with Gasteiger partial charge in [-0.25, -0.2) is 0 Å². The van der Waals surface area contributed by atoms with Crippen molar-refractivity contribution in [3.8, 4) is 0 Å². The fraction of sp³-hybridized carbons (Fsp3) is 0.412. The highest BCUT2D eigenvalue weighted by atomic mass is 35.5. The van der Waals surface area contributed by atoms with Crippen LogP contribution < -0.4 is 10.2 Å². The Morgan fingerprint density at radius 2 is 2.10 bits per heavy atom. The second kappa shape index (κ2) is 7.53. The summed E-state index contributed by atoms with van der Waals surface area (Å²) in [5, 5.41) is 4.23. The highest BCUT2D eigenvalue weighted by molar-refractivity contribution is 6.30. The van der Waals surface area contributed by atoms with Crippen LogP contribution in [0.4, 0.5) is 5.69 Å². The van der Waals surface area contributed by atoms with E-state index < -0.39 is 0 Å². The van der Waals surface area contributed by atoms with Gasteiger partial charge in [0.05, 0.1) is 12.8 Å². The minimum atomic E-state index is 0.452. The fourth-order valence-electron chi connectivity index (χ4n) is 2.25. The average molecular weight is 307 g/mol. The topological polar surface area (TPSA) is 28.4 Å². The van der Waals surface area contributed by atoms with Gasteiger partial charge in [0, 0.05) is 29.8 Å². The van der Waals surface area contributed by atoms with E-state index in [1.165, 1.54) is 5.56 Å². The normalized spacial score (nSPS) is 11.1. The minimum absolute atomic E-state index is 0.452. The second-order valence-corrected chi connectivity index (χ2v) is 5.84. The number of benzene rings is 1. The third-order valence-corrected chi connectivity index (χ3v) is 3.63. The van der Waals surface area contributed by atoms with Crippen molar-refractivity contribution in [2.75, 3.05) is 11.4 Å². The number of hydrogen-bond acceptors (Lipinski definition) is 3. The first-order valence-corrected chi connectivity index (χ1v) is 7.77. The van der Waals surface area contributed by atoms with Crippen LogP contribution >= 0.6 is 11.6 Å². The summed E-state index contributed by atoms with van der Waals surface area (Å²) in [6, 6.07) is 10.4. The summed E-state index contributed by atoms with van der Waals surface area (Å²) in [7, 11) is 0.